The van der Waals surface area contributed by atoms with Crippen LogP contribution >= 0.6 is 45.3 Å². The van der Waals surface area contributed by atoms with Crippen LogP contribution in [0, 0.1) is 0 Å². The van der Waals surface area contributed by atoms with Crippen LogP contribution < -0.4 is 9.80 Å². The summed E-state index contributed by atoms with van der Waals surface area (Å²) in [5, 5.41) is 10.7. The van der Waals surface area contributed by atoms with E-state index in [4.69, 9.17) is 15.0 Å². The van der Waals surface area contributed by atoms with Gasteiger partial charge < -0.3 is 9.80 Å². The zero-order valence-corrected chi connectivity index (χ0v) is 85.2. The van der Waals surface area contributed by atoms with Gasteiger partial charge in [-0.05, 0) is 231 Å². The van der Waals surface area contributed by atoms with Crippen molar-refractivity contribution in [2.45, 2.75) is 135 Å². The first-order valence-electron chi connectivity index (χ1n) is 49.3. The summed E-state index contributed by atoms with van der Waals surface area (Å²) in [4.78, 5) is 19.6. The highest BCUT2D eigenvalue weighted by molar-refractivity contribution is 7.27. The number of hydrogen-bond acceptors (Lipinski definition) is 9. The summed E-state index contributed by atoms with van der Waals surface area (Å²) in [6.45, 7) is 33.7. The van der Waals surface area contributed by atoms with Crippen molar-refractivity contribution in [1.82, 2.24) is 15.0 Å². The van der Waals surface area contributed by atoms with Crippen LogP contribution in [0.15, 0.2) is 394 Å². The van der Waals surface area contributed by atoms with E-state index in [0.29, 0.717) is 17.5 Å². The van der Waals surface area contributed by atoms with Crippen molar-refractivity contribution in [2.24, 2.45) is 0 Å². The fourth-order valence-electron chi connectivity index (χ4n) is 23.7. The summed E-state index contributed by atoms with van der Waals surface area (Å²) in [6.07, 6.45) is 0. The summed E-state index contributed by atoms with van der Waals surface area (Å²) < 4.78 is 10.7. The maximum atomic E-state index is 4.94. The molecule has 0 fully saturated rings. The quantitative estimate of drug-likeness (QED) is 0.137. The molecule has 0 N–H and O–H groups in total. The Kier molecular flexibility index (Phi) is 20.4. The molecule has 0 saturated carbocycles. The zero-order valence-electron chi connectivity index (χ0n) is 81.9. The Morgan fingerprint density at radius 3 is 1.18 bits per heavy atom. The smallest absolute Gasteiger partial charge is 0.164 e. The second-order valence-corrected chi connectivity index (χ2v) is 46.8. The molecule has 9 heteroatoms. The van der Waals surface area contributed by atoms with Crippen LogP contribution in [0.3, 0.4) is 0 Å². The second-order valence-electron chi connectivity index (χ2n) is 42.5. The molecule has 0 atom stereocenters. The molecule has 0 aliphatic heterocycles. The van der Waals surface area contributed by atoms with E-state index < -0.39 is 0 Å². The van der Waals surface area contributed by atoms with Crippen LogP contribution in [-0.2, 0) is 37.9 Å². The Bertz CT molecular complexity index is 8960. The van der Waals surface area contributed by atoms with E-state index >= 15 is 0 Å². The Morgan fingerprint density at radius 1 is 0.191 bits per heavy atom. The van der Waals surface area contributed by atoms with Gasteiger partial charge in [0.15, 0.2) is 17.5 Å². The Morgan fingerprint density at radius 2 is 0.574 bits per heavy atom. The molecule has 0 unspecified atom stereocenters. The molecule has 18 aromatic carbocycles. The average Bonchev–Trinajstić information content (AvgIpc) is 1.69. The van der Waals surface area contributed by atoms with Gasteiger partial charge >= 0.3 is 0 Å². The number of nitrogens with zero attached hydrogens (tertiary/aromatic N) is 5. The van der Waals surface area contributed by atoms with E-state index in [-0.39, 0.29) is 37.9 Å². The van der Waals surface area contributed by atoms with Gasteiger partial charge in [-0.3, -0.25) is 0 Å². The monoisotopic (exact) mass is 1890 g/mol. The number of aromatic nitrogens is 3. The molecule has 5 nitrogen and oxygen atoms in total. The van der Waals surface area contributed by atoms with Crippen LogP contribution in [0.1, 0.15) is 141 Å². The minimum atomic E-state index is -0.0659. The lowest BCUT2D eigenvalue weighted by Gasteiger charge is -2.48. The topological polar surface area (TPSA) is 45.2 Å². The standard InChI is InChI=1S/C45H35N3S.C45H39NS.C42H33NS2/c1-44(2)36-21-12-11-18-33(36)34-26-27-37-38(39(34)45(44,3)4)35-20-13-19-32(40(35)49-37)28-22-24-31(25-23-28)43-47-41(29-14-7-5-8-15-29)46-42(48-43)30-16-9-6-10-17-30;1-43(2)37-18-12-10-16-31(37)33-22-20-30(25-39(33)43)46(28-14-8-7-9-15-28)29-21-23-41-35(24-29)36-26-40-34(27-42(36)47-41)32-17-11-13-19-38(32)44(3,4)45(40,5)6;1-41(2)34-16-10-8-15-32(34)39-35(42(41,3)4)22-21-31-30-20-18-28(25-38(30)45-40(31)39)43(26-12-6-5-7-13-26)27-19-23-37-33(24-27)29-14-9-11-17-36(29)44-37/h5-27H,1-4H3;7-27H,1-6H3;5-25H,1-4H3. The maximum Gasteiger partial charge on any atom is 0.164 e. The lowest BCUT2D eigenvalue weighted by Crippen LogP contribution is -2.43. The third kappa shape index (κ3) is 13.7. The summed E-state index contributed by atoms with van der Waals surface area (Å²) in [6, 6.07) is 145. The van der Waals surface area contributed by atoms with Crippen LogP contribution in [-0.4, -0.2) is 15.0 Å². The molecule has 4 aliphatic rings. The summed E-state index contributed by atoms with van der Waals surface area (Å²) in [7, 11) is 0. The first kappa shape index (κ1) is 87.9. The third-order valence-electron chi connectivity index (χ3n) is 33.3. The molecule has 23 aromatic rings. The first-order chi connectivity index (χ1) is 68.2. The molecule has 5 aromatic heterocycles. The van der Waals surface area contributed by atoms with Gasteiger partial charge in [0, 0.05) is 148 Å². The highest BCUT2D eigenvalue weighted by Crippen LogP contribution is 2.62. The molecule has 4 aliphatic carbocycles. The minimum absolute atomic E-state index is 0.000786. The molecule has 0 amide bonds. The molecule has 0 radical (unpaired) electrons. The van der Waals surface area contributed by atoms with E-state index in [1.165, 1.54) is 204 Å². The van der Waals surface area contributed by atoms with Gasteiger partial charge in [-0.15, -0.1) is 45.3 Å². The molecule has 5 heterocycles. The van der Waals surface area contributed by atoms with Crippen LogP contribution in [0.25, 0.3) is 170 Å². The summed E-state index contributed by atoms with van der Waals surface area (Å²) >= 11 is 7.63. The van der Waals surface area contributed by atoms with Gasteiger partial charge in [-0.2, -0.15) is 0 Å². The summed E-state index contributed by atoms with van der Waals surface area (Å²) in [5.74, 6) is 2.00. The van der Waals surface area contributed by atoms with Gasteiger partial charge in [0.1, 0.15) is 0 Å². The largest absolute Gasteiger partial charge is 0.310 e. The van der Waals surface area contributed by atoms with Crippen molar-refractivity contribution < 1.29 is 0 Å². The molecule has 0 saturated heterocycles. The number of benzene rings is 18. The van der Waals surface area contributed by atoms with E-state index in [9.17, 15) is 0 Å². The molecule has 0 bridgehead atoms. The van der Waals surface area contributed by atoms with Gasteiger partial charge in [-0.1, -0.05) is 382 Å². The van der Waals surface area contributed by atoms with Crippen molar-refractivity contribution in [3.8, 4) is 89.8 Å². The van der Waals surface area contributed by atoms with E-state index in [0.717, 1.165) is 28.1 Å². The SMILES string of the molecule is CC1(C)c2ccccc2-c2c(ccc3c2sc2cc(N(c4ccccc4)c4ccc5sc6ccccc6c5c4)ccc23)C1(C)C.CC1(C)c2ccccc2-c2ccc(N(c3ccccc3)c3ccc4sc5cc6c(cc5c4c3)C(C)(C)C(C)(C)c3ccccc3-6)cc21.CC1(C)c2ccccc2-c2ccc3sc4c(-c5ccc(-c6nc(-c7ccccc7)nc(-c7ccccc7)n6)cc5)cccc4c3c2C1(C)C. The van der Waals surface area contributed by atoms with Crippen LogP contribution in [0.4, 0.5) is 34.1 Å². The predicted molar refractivity (Wildman–Crippen MR) is 607 cm³/mol. The number of anilines is 6. The second kappa shape index (κ2) is 32.8. The fourth-order valence-corrected chi connectivity index (χ4v) is 28.4. The fraction of sp³-hybridized carbons (Fsp3) is 0.159. The Hall–Kier alpha value is -14.6. The van der Waals surface area contributed by atoms with E-state index in [2.05, 4.69) is 440 Å². The highest BCUT2D eigenvalue weighted by atomic mass is 32.1. The maximum absolute atomic E-state index is 4.94. The van der Waals surface area contributed by atoms with Crippen molar-refractivity contribution in [3.05, 3.63) is 439 Å². The predicted octanol–water partition coefficient (Wildman–Crippen LogP) is 38.3. The normalized spacial score (nSPS) is 15.3. The molecular weight excluding hydrogens is 1780 g/mol. The lowest BCUT2D eigenvalue weighted by molar-refractivity contribution is 0.299. The number of hydrogen-bond donors (Lipinski definition) is 0. The van der Waals surface area contributed by atoms with Gasteiger partial charge in [-0.25, -0.2) is 15.0 Å². The van der Waals surface area contributed by atoms with Crippen molar-refractivity contribution in [3.63, 3.8) is 0 Å². The third-order valence-corrected chi connectivity index (χ3v) is 38.0. The number of para-hydroxylation sites is 2. The van der Waals surface area contributed by atoms with Crippen molar-refractivity contribution >= 4 is 160 Å². The van der Waals surface area contributed by atoms with Crippen molar-refractivity contribution in [1.29, 1.82) is 0 Å². The van der Waals surface area contributed by atoms with Gasteiger partial charge in [0.05, 0.1) is 0 Å². The van der Waals surface area contributed by atoms with E-state index in [1.54, 1.807) is 0 Å². The Labute approximate surface area is 841 Å². The number of thiophene rings is 4. The lowest BCUT2D eigenvalue weighted by atomic mass is 9.55. The average molecular weight is 1890 g/mol. The van der Waals surface area contributed by atoms with Crippen LogP contribution in [0.2, 0.25) is 0 Å². The zero-order chi connectivity index (χ0) is 96.1. The number of rotatable bonds is 10. The van der Waals surface area contributed by atoms with Gasteiger partial charge in [0.25, 0.3) is 0 Å². The summed E-state index contributed by atoms with van der Waals surface area (Å²) in [5.41, 5.74) is 34.7. The van der Waals surface area contributed by atoms with E-state index in [1.807, 2.05) is 106 Å². The van der Waals surface area contributed by atoms with Crippen molar-refractivity contribution in [2.75, 3.05) is 9.80 Å². The van der Waals surface area contributed by atoms with Gasteiger partial charge in [0.2, 0.25) is 0 Å². The molecule has 0 spiro atoms. The molecular formula is C132H107N5S4. The molecule has 684 valence electrons. The minimum Gasteiger partial charge on any atom is -0.310 e. The molecule has 27 rings (SSSR count). The highest BCUT2D eigenvalue weighted by Gasteiger charge is 2.50. The first-order valence-corrected chi connectivity index (χ1v) is 52.6. The number of fused-ring (bicyclic) bond motifs is 26. The van der Waals surface area contributed by atoms with Crippen LogP contribution in [0.5, 0.6) is 0 Å². The Balaban J connectivity index is 0.000000111. The molecule has 141 heavy (non-hydrogen) atoms.